The molecular weight excluding hydrogens is 664 g/mol. The van der Waals surface area contributed by atoms with Crippen LogP contribution >= 0.6 is 23.2 Å². The predicted octanol–water partition coefficient (Wildman–Crippen LogP) is 6.14. The average Bonchev–Trinajstić information content (AvgIpc) is 2.99. The highest BCUT2D eigenvalue weighted by molar-refractivity contribution is 7.92. The molecule has 2 amide bonds. The normalized spacial score (nSPS) is 15.3. The second-order valence-electron chi connectivity index (χ2n) is 10.00. The van der Waals surface area contributed by atoms with Crippen LogP contribution in [0.25, 0.3) is 0 Å². The third-order valence-electron chi connectivity index (χ3n) is 6.89. The van der Waals surface area contributed by atoms with Crippen LogP contribution in [0.5, 0.6) is 5.75 Å². The van der Waals surface area contributed by atoms with Crippen molar-refractivity contribution in [3.63, 3.8) is 0 Å². The Kier molecular flexibility index (Phi) is 10.5. The first kappa shape index (κ1) is 33.8. The van der Waals surface area contributed by atoms with Crippen molar-refractivity contribution in [1.82, 2.24) is 10.2 Å². The number of anilines is 1. The van der Waals surface area contributed by atoms with E-state index in [-0.39, 0.29) is 51.9 Å². The van der Waals surface area contributed by atoms with Crippen LogP contribution in [0.2, 0.25) is 10.0 Å². The molecule has 1 heterocycles. The molecule has 4 rings (SSSR count). The minimum Gasteiger partial charge on any atom is -0.410 e. The number of nitro groups is 1. The summed E-state index contributed by atoms with van der Waals surface area (Å²) in [5.74, 6) is -0.876. The zero-order valence-corrected chi connectivity index (χ0v) is 25.5. The lowest BCUT2D eigenvalue weighted by molar-refractivity contribution is -0.384. The minimum atomic E-state index is -4.81. The number of halogens is 5. The van der Waals surface area contributed by atoms with E-state index in [4.69, 9.17) is 27.9 Å². The van der Waals surface area contributed by atoms with E-state index < -0.39 is 50.9 Å². The summed E-state index contributed by atoms with van der Waals surface area (Å²) in [5, 5.41) is 13.3. The number of nitrogens with one attached hydrogen (secondary N) is 1. The molecule has 1 saturated heterocycles. The van der Waals surface area contributed by atoms with E-state index in [1.807, 2.05) is 0 Å². The lowest BCUT2D eigenvalue weighted by atomic mass is 9.98. The van der Waals surface area contributed by atoms with Gasteiger partial charge in [-0.1, -0.05) is 23.2 Å². The largest absolute Gasteiger partial charge is 0.416 e. The molecule has 3 aromatic rings. The van der Waals surface area contributed by atoms with Crippen molar-refractivity contribution < 1.29 is 40.8 Å². The number of alkyl halides is 3. The number of hydrogen-bond acceptors (Lipinski definition) is 7. The summed E-state index contributed by atoms with van der Waals surface area (Å²) in [7, 11) is -4.60. The predicted molar refractivity (Wildman–Crippen MR) is 159 cm³/mol. The molecule has 1 aliphatic heterocycles. The fourth-order valence-corrected chi connectivity index (χ4v) is 6.42. The summed E-state index contributed by atoms with van der Waals surface area (Å²) in [5.41, 5.74) is -1.86. The average molecular weight is 689 g/mol. The van der Waals surface area contributed by atoms with Gasteiger partial charge in [0.05, 0.1) is 26.1 Å². The number of rotatable bonds is 9. The van der Waals surface area contributed by atoms with E-state index in [9.17, 15) is 41.3 Å². The van der Waals surface area contributed by atoms with E-state index in [0.717, 1.165) is 18.2 Å². The van der Waals surface area contributed by atoms with Crippen molar-refractivity contribution in [1.29, 1.82) is 0 Å². The second kappa shape index (κ2) is 13.9. The summed E-state index contributed by atoms with van der Waals surface area (Å²) in [4.78, 5) is 37.0. The van der Waals surface area contributed by atoms with Gasteiger partial charge in [0.1, 0.15) is 12.3 Å². The van der Waals surface area contributed by atoms with Gasteiger partial charge in [-0.2, -0.15) is 13.2 Å². The van der Waals surface area contributed by atoms with Gasteiger partial charge in [0.25, 0.3) is 15.7 Å². The Labute approximate surface area is 265 Å². The summed E-state index contributed by atoms with van der Waals surface area (Å²) in [6.07, 6.45) is -4.53. The Bertz CT molecular complexity index is 1670. The van der Waals surface area contributed by atoms with E-state index in [1.165, 1.54) is 41.3 Å². The number of carbonyl (C=O) groups excluding carboxylic acids is 2. The molecule has 240 valence electrons. The van der Waals surface area contributed by atoms with Crippen LogP contribution < -0.4 is 14.4 Å². The Morgan fingerprint density at radius 1 is 1.07 bits per heavy atom. The zero-order valence-electron chi connectivity index (χ0n) is 23.2. The molecule has 0 bridgehead atoms. The van der Waals surface area contributed by atoms with Crippen molar-refractivity contribution in [2.75, 3.05) is 30.5 Å². The maximum Gasteiger partial charge on any atom is 0.416 e. The molecule has 1 N–H and O–H groups in total. The van der Waals surface area contributed by atoms with Gasteiger partial charge in [-0.25, -0.2) is 13.2 Å². The molecular formula is C28H25Cl2F3N4O7S. The molecule has 1 unspecified atom stereocenters. The van der Waals surface area contributed by atoms with Gasteiger partial charge < -0.3 is 15.0 Å². The number of likely N-dealkylation sites (tertiary alicyclic amines) is 1. The number of non-ortho nitro benzene ring substituents is 1. The Morgan fingerprint density at radius 3 is 2.36 bits per heavy atom. The summed E-state index contributed by atoms with van der Waals surface area (Å²) < 4.78 is 73.7. The van der Waals surface area contributed by atoms with E-state index in [1.54, 1.807) is 0 Å². The van der Waals surface area contributed by atoms with Gasteiger partial charge in [-0.05, 0) is 73.4 Å². The summed E-state index contributed by atoms with van der Waals surface area (Å²) in [6, 6.07) is 12.0. The quantitative estimate of drug-likeness (QED) is 0.210. The molecule has 0 radical (unpaired) electrons. The lowest BCUT2D eigenvalue weighted by Crippen LogP contribution is -2.48. The highest BCUT2D eigenvalue weighted by atomic mass is 35.5. The smallest absolute Gasteiger partial charge is 0.410 e. The monoisotopic (exact) mass is 688 g/mol. The highest BCUT2D eigenvalue weighted by Crippen LogP contribution is 2.37. The molecule has 0 saturated carbocycles. The van der Waals surface area contributed by atoms with Gasteiger partial charge in [0, 0.05) is 36.8 Å². The van der Waals surface area contributed by atoms with Crippen molar-refractivity contribution in [2.45, 2.75) is 23.9 Å². The van der Waals surface area contributed by atoms with Crippen LogP contribution in [-0.2, 0) is 21.0 Å². The number of hydrogen-bond donors (Lipinski definition) is 1. The van der Waals surface area contributed by atoms with Crippen molar-refractivity contribution >= 4 is 56.6 Å². The number of sulfonamides is 1. The minimum absolute atomic E-state index is 0.0776. The fraction of sp³-hybridized carbons (Fsp3) is 0.286. The maximum atomic E-state index is 13.7. The van der Waals surface area contributed by atoms with Crippen LogP contribution in [0.4, 0.5) is 29.3 Å². The number of nitro benzene ring substituents is 1. The Balaban J connectivity index is 1.49. The molecule has 1 atom stereocenters. The summed E-state index contributed by atoms with van der Waals surface area (Å²) in [6.45, 7) is -0.411. The first-order valence-corrected chi connectivity index (χ1v) is 15.5. The fourth-order valence-electron chi connectivity index (χ4n) is 4.60. The van der Waals surface area contributed by atoms with Crippen molar-refractivity contribution in [3.8, 4) is 5.75 Å². The highest BCUT2D eigenvalue weighted by Gasteiger charge is 2.36. The molecule has 0 spiro atoms. The van der Waals surface area contributed by atoms with Crippen LogP contribution in [0, 0.1) is 16.0 Å². The van der Waals surface area contributed by atoms with E-state index >= 15 is 0 Å². The topological polar surface area (TPSA) is 139 Å². The van der Waals surface area contributed by atoms with Gasteiger partial charge in [0.2, 0.25) is 5.91 Å². The molecule has 0 aromatic heterocycles. The molecule has 0 aliphatic carbocycles. The third kappa shape index (κ3) is 8.55. The zero-order chi connectivity index (χ0) is 32.9. The first-order chi connectivity index (χ1) is 21.1. The number of amides is 2. The van der Waals surface area contributed by atoms with Crippen LogP contribution in [0.1, 0.15) is 18.4 Å². The second-order valence-corrected chi connectivity index (χ2v) is 12.7. The van der Waals surface area contributed by atoms with Gasteiger partial charge in [-0.15, -0.1) is 0 Å². The SMILES string of the molecule is O=C(NCC1CCCN(C(=O)CN(c2cc(C(F)(F)F)ccc2Cl)S(=O)(=O)c2ccc(Cl)cc2)C1)Oc1ccc([N+](=O)[O-])cc1. The molecule has 1 fully saturated rings. The first-order valence-electron chi connectivity index (χ1n) is 13.3. The number of benzene rings is 3. The van der Waals surface area contributed by atoms with Gasteiger partial charge >= 0.3 is 12.3 Å². The number of ether oxygens (including phenoxy) is 1. The Hall–Kier alpha value is -4.08. The van der Waals surface area contributed by atoms with Gasteiger partial charge in [0.15, 0.2) is 0 Å². The third-order valence-corrected chi connectivity index (χ3v) is 9.23. The van der Waals surface area contributed by atoms with Gasteiger partial charge in [-0.3, -0.25) is 19.2 Å². The summed E-state index contributed by atoms with van der Waals surface area (Å²) >= 11 is 12.1. The van der Waals surface area contributed by atoms with Crippen molar-refractivity contribution in [3.05, 3.63) is 92.5 Å². The van der Waals surface area contributed by atoms with Crippen LogP contribution in [0.15, 0.2) is 71.6 Å². The van der Waals surface area contributed by atoms with E-state index in [2.05, 4.69) is 5.32 Å². The molecule has 3 aromatic carbocycles. The molecule has 17 heteroatoms. The molecule has 45 heavy (non-hydrogen) atoms. The standard InChI is InChI=1S/C28H25Cl2F3N4O7S/c29-20-4-10-23(11-5-20)45(42,43)36(25-14-19(28(31,32)33)3-12-24(25)30)17-26(38)35-13-1-2-18(16-35)15-34-27(39)44-22-8-6-21(7-9-22)37(40)41/h3-12,14,18H,1-2,13,15-17H2,(H,34,39). The van der Waals surface area contributed by atoms with Crippen LogP contribution in [0.3, 0.4) is 0 Å². The lowest BCUT2D eigenvalue weighted by Gasteiger charge is -2.34. The Morgan fingerprint density at radius 2 is 1.73 bits per heavy atom. The number of nitrogens with zero attached hydrogens (tertiary/aromatic N) is 3. The van der Waals surface area contributed by atoms with Crippen molar-refractivity contribution in [2.24, 2.45) is 5.92 Å². The number of piperidine rings is 1. The molecule has 1 aliphatic rings. The number of carbonyl (C=O) groups is 2. The maximum absolute atomic E-state index is 13.7. The van der Waals surface area contributed by atoms with Crippen LogP contribution in [-0.4, -0.2) is 56.4 Å². The van der Waals surface area contributed by atoms with E-state index in [0.29, 0.717) is 29.3 Å². The molecule has 11 nitrogen and oxygen atoms in total.